The molecule has 30 heavy (non-hydrogen) atoms. The van der Waals surface area contributed by atoms with Crippen LogP contribution in [0, 0.1) is 11.6 Å². The first-order valence-electron chi connectivity index (χ1n) is 8.87. The summed E-state index contributed by atoms with van der Waals surface area (Å²) in [4.78, 5) is 28.8. The van der Waals surface area contributed by atoms with E-state index in [4.69, 9.17) is 5.11 Å². The van der Waals surface area contributed by atoms with Crippen LogP contribution in [0.25, 0.3) is 16.6 Å². The Balaban J connectivity index is 1.84. The Morgan fingerprint density at radius 1 is 0.967 bits per heavy atom. The van der Waals surface area contributed by atoms with E-state index in [1.54, 1.807) is 24.3 Å². The van der Waals surface area contributed by atoms with E-state index in [1.807, 2.05) is 0 Å². The van der Waals surface area contributed by atoms with Crippen molar-refractivity contribution in [3.05, 3.63) is 99.8 Å². The van der Waals surface area contributed by atoms with E-state index in [9.17, 15) is 18.4 Å². The minimum absolute atomic E-state index is 0.0724. The quantitative estimate of drug-likeness (QED) is 0.373. The van der Waals surface area contributed by atoms with Crippen LogP contribution in [0.3, 0.4) is 0 Å². The molecule has 0 unspecified atom stereocenters. The van der Waals surface area contributed by atoms with Crippen molar-refractivity contribution in [3.63, 3.8) is 0 Å². The molecule has 1 aromatic heterocycles. The maximum absolute atomic E-state index is 14.0. The number of carboxylic acid groups (broad SMARTS) is 1. The molecule has 0 fully saturated rings. The molecule has 0 aliphatic carbocycles. The molecule has 0 radical (unpaired) electrons. The summed E-state index contributed by atoms with van der Waals surface area (Å²) in [5.41, 5.74) is 0.457. The number of aromatic nitrogens is 2. The molecule has 0 spiro atoms. The van der Waals surface area contributed by atoms with Crippen molar-refractivity contribution in [3.8, 4) is 5.69 Å². The van der Waals surface area contributed by atoms with E-state index in [2.05, 4.69) is 4.98 Å². The number of nitrogens with zero attached hydrogens (tertiary/aromatic N) is 2. The lowest BCUT2D eigenvalue weighted by atomic mass is 10.2. The number of carbonyl (C=O) groups is 1. The molecule has 150 valence electrons. The van der Waals surface area contributed by atoms with Gasteiger partial charge in [0.25, 0.3) is 5.56 Å². The maximum atomic E-state index is 14.0. The van der Waals surface area contributed by atoms with Gasteiger partial charge in [0.1, 0.15) is 11.6 Å². The Bertz CT molecular complexity index is 1300. The Labute approximate surface area is 173 Å². The molecular weight excluding hydrogens is 410 g/mol. The predicted molar refractivity (Wildman–Crippen MR) is 110 cm³/mol. The highest BCUT2D eigenvalue weighted by Crippen LogP contribution is 2.27. The van der Waals surface area contributed by atoms with E-state index >= 15 is 0 Å². The largest absolute Gasteiger partial charge is 0.478 e. The van der Waals surface area contributed by atoms with Crippen molar-refractivity contribution in [1.29, 1.82) is 0 Å². The van der Waals surface area contributed by atoms with E-state index in [0.717, 1.165) is 11.8 Å². The highest BCUT2D eigenvalue weighted by Gasteiger charge is 2.16. The van der Waals surface area contributed by atoms with Crippen LogP contribution in [0.15, 0.2) is 76.7 Å². The second-order valence-corrected chi connectivity index (χ2v) is 7.34. The third kappa shape index (κ3) is 3.69. The summed E-state index contributed by atoms with van der Waals surface area (Å²) in [5, 5.41) is 9.72. The zero-order valence-electron chi connectivity index (χ0n) is 15.4. The lowest BCUT2D eigenvalue weighted by Crippen LogP contribution is -2.22. The van der Waals surface area contributed by atoms with Crippen LogP contribution < -0.4 is 5.56 Å². The minimum Gasteiger partial charge on any atom is -0.478 e. The number of hydrogen-bond donors (Lipinski definition) is 1. The van der Waals surface area contributed by atoms with Gasteiger partial charge in [0.05, 0.1) is 22.2 Å². The smallest absolute Gasteiger partial charge is 0.335 e. The Hall–Kier alpha value is -3.52. The fourth-order valence-corrected chi connectivity index (χ4v) is 4.03. The summed E-state index contributed by atoms with van der Waals surface area (Å²) in [6, 6.07) is 16.2. The lowest BCUT2D eigenvalue weighted by molar-refractivity contribution is 0.0697. The first-order valence-corrected chi connectivity index (χ1v) is 9.85. The lowest BCUT2D eigenvalue weighted by Gasteiger charge is -2.14. The van der Waals surface area contributed by atoms with Crippen LogP contribution in [0.5, 0.6) is 0 Å². The molecule has 4 aromatic rings. The number of carboxylic acids is 1. The highest BCUT2D eigenvalue weighted by atomic mass is 32.2. The monoisotopic (exact) mass is 424 g/mol. The van der Waals surface area contributed by atoms with Gasteiger partial charge in [-0.3, -0.25) is 9.36 Å². The van der Waals surface area contributed by atoms with E-state index < -0.39 is 17.6 Å². The summed E-state index contributed by atoms with van der Waals surface area (Å²) in [7, 11) is 0. The zero-order chi connectivity index (χ0) is 21.3. The highest BCUT2D eigenvalue weighted by molar-refractivity contribution is 7.98. The predicted octanol–water partition coefficient (Wildman–Crippen LogP) is 4.65. The van der Waals surface area contributed by atoms with Gasteiger partial charge in [-0.25, -0.2) is 18.6 Å². The number of halogens is 2. The Morgan fingerprint density at radius 3 is 2.30 bits per heavy atom. The average molecular weight is 424 g/mol. The number of rotatable bonds is 5. The maximum Gasteiger partial charge on any atom is 0.335 e. The third-order valence-corrected chi connectivity index (χ3v) is 5.49. The molecule has 3 aromatic carbocycles. The molecule has 0 saturated heterocycles. The van der Waals surface area contributed by atoms with Gasteiger partial charge in [-0.1, -0.05) is 30.0 Å². The molecule has 8 heteroatoms. The second-order valence-electron chi connectivity index (χ2n) is 6.39. The molecule has 5 nitrogen and oxygen atoms in total. The summed E-state index contributed by atoms with van der Waals surface area (Å²) < 4.78 is 29.4. The first-order chi connectivity index (χ1) is 14.5. The normalized spacial score (nSPS) is 11.0. The van der Waals surface area contributed by atoms with Crippen LogP contribution in [-0.2, 0) is 5.75 Å². The minimum atomic E-state index is -1.09. The average Bonchev–Trinajstić information content (AvgIpc) is 2.74. The molecule has 0 aliphatic rings. The number of aromatic carboxylic acids is 1. The van der Waals surface area contributed by atoms with Gasteiger partial charge in [0, 0.05) is 11.3 Å². The van der Waals surface area contributed by atoms with Gasteiger partial charge in [-0.15, -0.1) is 0 Å². The molecule has 1 N–H and O–H groups in total. The number of fused-ring (bicyclic) bond motifs is 1. The van der Waals surface area contributed by atoms with Gasteiger partial charge < -0.3 is 5.11 Å². The van der Waals surface area contributed by atoms with Crippen LogP contribution in [0.2, 0.25) is 0 Å². The number of para-hydroxylation sites is 1. The number of benzene rings is 3. The van der Waals surface area contributed by atoms with Crippen LogP contribution in [0.1, 0.15) is 15.9 Å². The van der Waals surface area contributed by atoms with Crippen molar-refractivity contribution in [2.24, 2.45) is 0 Å². The van der Waals surface area contributed by atoms with Crippen molar-refractivity contribution in [2.75, 3.05) is 0 Å². The standard InChI is InChI=1S/C22H14F2N2O3S/c23-17-5-3-6-18(24)16(17)12-30-22-25-19-7-2-1-4-15(19)20(27)26(22)14-10-8-13(9-11-14)21(28)29/h1-11H,12H2,(H,28,29). The van der Waals surface area contributed by atoms with Gasteiger partial charge in [-0.2, -0.15) is 0 Å². The van der Waals surface area contributed by atoms with E-state index in [0.29, 0.717) is 16.6 Å². The van der Waals surface area contributed by atoms with Crippen molar-refractivity contribution in [1.82, 2.24) is 9.55 Å². The molecule has 0 atom stereocenters. The van der Waals surface area contributed by atoms with Gasteiger partial charge in [0.15, 0.2) is 5.16 Å². The van der Waals surface area contributed by atoms with Gasteiger partial charge in [-0.05, 0) is 48.5 Å². The van der Waals surface area contributed by atoms with Crippen LogP contribution in [0.4, 0.5) is 8.78 Å². The SMILES string of the molecule is O=C(O)c1ccc(-n2c(SCc3c(F)cccc3F)nc3ccccc3c2=O)cc1. The molecule has 0 bridgehead atoms. The number of hydrogen-bond acceptors (Lipinski definition) is 4. The first kappa shape index (κ1) is 19.8. The summed E-state index contributed by atoms with van der Waals surface area (Å²) >= 11 is 1.02. The molecule has 1 heterocycles. The third-order valence-electron chi connectivity index (χ3n) is 4.52. The van der Waals surface area contributed by atoms with Gasteiger partial charge in [0.2, 0.25) is 0 Å². The number of thioether (sulfide) groups is 1. The van der Waals surface area contributed by atoms with Crippen LogP contribution >= 0.6 is 11.8 Å². The zero-order valence-corrected chi connectivity index (χ0v) is 16.2. The molecule has 0 amide bonds. The van der Waals surface area contributed by atoms with E-state index in [1.165, 1.54) is 47.0 Å². The molecule has 0 aliphatic heterocycles. The van der Waals surface area contributed by atoms with Crippen LogP contribution in [-0.4, -0.2) is 20.6 Å². The van der Waals surface area contributed by atoms with E-state index in [-0.39, 0.29) is 27.6 Å². The van der Waals surface area contributed by atoms with Gasteiger partial charge >= 0.3 is 5.97 Å². The topological polar surface area (TPSA) is 72.2 Å². The Kier molecular flexibility index (Phi) is 5.33. The summed E-state index contributed by atoms with van der Waals surface area (Å²) in [6.07, 6.45) is 0. The second kappa shape index (κ2) is 8.08. The fraction of sp³-hybridized carbons (Fsp3) is 0.0455. The Morgan fingerprint density at radius 2 is 1.63 bits per heavy atom. The van der Waals surface area contributed by atoms with Crippen molar-refractivity contribution >= 4 is 28.6 Å². The van der Waals surface area contributed by atoms with Crippen molar-refractivity contribution < 1.29 is 18.7 Å². The molecular formula is C22H14F2N2O3S. The fourth-order valence-electron chi connectivity index (χ4n) is 3.00. The van der Waals surface area contributed by atoms with Crippen molar-refractivity contribution in [2.45, 2.75) is 10.9 Å². The molecule has 0 saturated carbocycles. The summed E-state index contributed by atoms with van der Waals surface area (Å²) in [6.45, 7) is 0. The summed E-state index contributed by atoms with van der Waals surface area (Å²) in [5.74, 6) is -2.52. The molecule has 4 rings (SSSR count).